The molecule has 1 aliphatic carbocycles. The fourth-order valence-corrected chi connectivity index (χ4v) is 4.36. The minimum atomic E-state index is -3.82. The van der Waals surface area contributed by atoms with E-state index in [0.29, 0.717) is 4.88 Å². The van der Waals surface area contributed by atoms with Gasteiger partial charge in [-0.05, 0) is 30.9 Å². The van der Waals surface area contributed by atoms with Crippen molar-refractivity contribution in [2.75, 3.05) is 13.1 Å². The van der Waals surface area contributed by atoms with Crippen molar-refractivity contribution in [2.45, 2.75) is 17.1 Å². The number of nitriles is 1. The van der Waals surface area contributed by atoms with Gasteiger partial charge >= 0.3 is 5.97 Å². The average Bonchev–Trinajstić information content (AvgIpc) is 3.02. The quantitative estimate of drug-likeness (QED) is 0.848. The summed E-state index contributed by atoms with van der Waals surface area (Å²) < 4.78 is 25.7. The van der Waals surface area contributed by atoms with Crippen LogP contribution in [0.3, 0.4) is 0 Å². The molecule has 1 saturated carbocycles. The Morgan fingerprint density at radius 2 is 2.21 bits per heavy atom. The Morgan fingerprint density at radius 1 is 1.53 bits per heavy atom. The first kappa shape index (κ1) is 14.0. The van der Waals surface area contributed by atoms with E-state index in [1.807, 2.05) is 6.07 Å². The van der Waals surface area contributed by atoms with Gasteiger partial charge in [0, 0.05) is 6.54 Å². The molecule has 1 heterocycles. The van der Waals surface area contributed by atoms with Crippen molar-refractivity contribution < 1.29 is 18.3 Å². The molecule has 0 spiro atoms. The first-order valence-electron chi connectivity index (χ1n) is 5.65. The van der Waals surface area contributed by atoms with Gasteiger partial charge in [0.15, 0.2) is 0 Å². The number of hydrogen-bond donors (Lipinski definition) is 1. The molecular formula is C11H12N2O4S2. The molecule has 0 amide bonds. The number of nitrogens with zero attached hydrogens (tertiary/aromatic N) is 2. The first-order valence-corrected chi connectivity index (χ1v) is 7.91. The van der Waals surface area contributed by atoms with Crippen molar-refractivity contribution in [1.29, 1.82) is 5.26 Å². The molecule has 0 atom stereocenters. The van der Waals surface area contributed by atoms with E-state index >= 15 is 0 Å². The largest absolute Gasteiger partial charge is 0.480 e. The van der Waals surface area contributed by atoms with E-state index in [1.54, 1.807) is 0 Å². The maximum Gasteiger partial charge on any atom is 0.318 e. The summed E-state index contributed by atoms with van der Waals surface area (Å²) >= 11 is 0.859. The van der Waals surface area contributed by atoms with E-state index in [9.17, 15) is 13.2 Å². The highest BCUT2D eigenvalue weighted by molar-refractivity contribution is 7.91. The second-order valence-electron chi connectivity index (χ2n) is 4.37. The van der Waals surface area contributed by atoms with Crippen LogP contribution in [0.2, 0.25) is 0 Å². The second kappa shape index (κ2) is 5.28. The number of sulfonamides is 1. The summed E-state index contributed by atoms with van der Waals surface area (Å²) in [6.07, 6.45) is 1.86. The summed E-state index contributed by atoms with van der Waals surface area (Å²) in [5, 5.41) is 17.5. The predicted molar refractivity (Wildman–Crippen MR) is 68.2 cm³/mol. The van der Waals surface area contributed by atoms with Crippen LogP contribution in [0.4, 0.5) is 0 Å². The molecule has 19 heavy (non-hydrogen) atoms. The van der Waals surface area contributed by atoms with Crippen LogP contribution in [0.25, 0.3) is 0 Å². The maximum absolute atomic E-state index is 12.3. The molecular weight excluding hydrogens is 288 g/mol. The Kier molecular flexibility index (Phi) is 3.89. The molecule has 102 valence electrons. The van der Waals surface area contributed by atoms with Gasteiger partial charge in [-0.2, -0.15) is 9.57 Å². The van der Waals surface area contributed by atoms with Crippen LogP contribution in [0, 0.1) is 17.2 Å². The van der Waals surface area contributed by atoms with Crippen LogP contribution in [0.1, 0.15) is 17.7 Å². The van der Waals surface area contributed by atoms with E-state index in [2.05, 4.69) is 0 Å². The van der Waals surface area contributed by atoms with Crippen LogP contribution >= 0.6 is 11.3 Å². The number of carbonyl (C=O) groups is 1. The highest BCUT2D eigenvalue weighted by atomic mass is 32.2. The molecule has 0 saturated heterocycles. The normalized spacial score (nSPS) is 15.4. The number of aliphatic carboxylic acids is 1. The predicted octanol–water partition coefficient (Wildman–Crippen LogP) is 1.11. The molecule has 0 aromatic carbocycles. The van der Waals surface area contributed by atoms with Gasteiger partial charge < -0.3 is 5.11 Å². The van der Waals surface area contributed by atoms with Crippen LogP contribution < -0.4 is 0 Å². The lowest BCUT2D eigenvalue weighted by Crippen LogP contribution is -2.36. The topological polar surface area (TPSA) is 98.5 Å². The van der Waals surface area contributed by atoms with E-state index in [-0.39, 0.29) is 16.7 Å². The SMILES string of the molecule is N#Cc1ccc(S(=O)(=O)N(CC(=O)O)CC2CC2)s1. The lowest BCUT2D eigenvalue weighted by Gasteiger charge is -2.18. The molecule has 1 fully saturated rings. The van der Waals surface area contributed by atoms with Gasteiger partial charge in [0.1, 0.15) is 21.7 Å². The molecule has 1 aromatic rings. The molecule has 0 unspecified atom stereocenters. The average molecular weight is 300 g/mol. The van der Waals surface area contributed by atoms with Crippen molar-refractivity contribution in [3.63, 3.8) is 0 Å². The van der Waals surface area contributed by atoms with Crippen LogP contribution in [0.15, 0.2) is 16.3 Å². The minimum Gasteiger partial charge on any atom is -0.480 e. The van der Waals surface area contributed by atoms with E-state index in [4.69, 9.17) is 10.4 Å². The number of hydrogen-bond acceptors (Lipinski definition) is 5. The Morgan fingerprint density at radius 3 is 2.68 bits per heavy atom. The minimum absolute atomic E-state index is 0.0194. The Bertz CT molecular complexity index is 625. The van der Waals surface area contributed by atoms with Crippen molar-refractivity contribution >= 4 is 27.3 Å². The summed E-state index contributed by atoms with van der Waals surface area (Å²) in [6.45, 7) is -0.312. The second-order valence-corrected chi connectivity index (χ2v) is 7.61. The van der Waals surface area contributed by atoms with Crippen molar-refractivity contribution in [1.82, 2.24) is 4.31 Å². The summed E-state index contributed by atoms with van der Waals surface area (Å²) in [5.74, 6) is -0.925. The molecule has 8 heteroatoms. The summed E-state index contributed by atoms with van der Waals surface area (Å²) in [4.78, 5) is 11.1. The van der Waals surface area contributed by atoms with Gasteiger partial charge in [-0.3, -0.25) is 4.79 Å². The Hall–Kier alpha value is -1.43. The molecule has 0 radical (unpaired) electrons. The third-order valence-corrected chi connectivity index (χ3v) is 6.03. The molecule has 1 N–H and O–H groups in total. The standard InChI is InChI=1S/C11H12N2O4S2/c12-5-9-3-4-11(18-9)19(16,17)13(7-10(14)15)6-8-1-2-8/h3-4,8H,1-2,6-7H2,(H,14,15). The number of thiophene rings is 1. The van der Waals surface area contributed by atoms with Crippen LogP contribution in [0.5, 0.6) is 0 Å². The Labute approximate surface area is 114 Å². The van der Waals surface area contributed by atoms with Crippen LogP contribution in [-0.2, 0) is 14.8 Å². The highest BCUT2D eigenvalue weighted by Crippen LogP contribution is 2.32. The fraction of sp³-hybridized carbons (Fsp3) is 0.455. The summed E-state index contributed by atoms with van der Waals surface area (Å²) in [7, 11) is -3.82. The molecule has 0 bridgehead atoms. The molecule has 6 nitrogen and oxygen atoms in total. The van der Waals surface area contributed by atoms with Gasteiger partial charge in [-0.15, -0.1) is 11.3 Å². The van der Waals surface area contributed by atoms with Crippen molar-refractivity contribution in [3.8, 4) is 6.07 Å². The van der Waals surface area contributed by atoms with Crippen molar-refractivity contribution in [2.24, 2.45) is 5.92 Å². The van der Waals surface area contributed by atoms with Gasteiger partial charge in [0.25, 0.3) is 10.0 Å². The Balaban J connectivity index is 2.26. The zero-order valence-electron chi connectivity index (χ0n) is 9.94. The van der Waals surface area contributed by atoms with Gasteiger partial charge in [0.2, 0.25) is 0 Å². The lowest BCUT2D eigenvalue weighted by atomic mass is 10.4. The molecule has 1 aromatic heterocycles. The zero-order valence-corrected chi connectivity index (χ0v) is 11.6. The molecule has 0 aliphatic heterocycles. The maximum atomic E-state index is 12.3. The van der Waals surface area contributed by atoms with E-state index in [1.165, 1.54) is 12.1 Å². The number of carboxylic acid groups (broad SMARTS) is 1. The van der Waals surface area contributed by atoms with E-state index < -0.39 is 22.5 Å². The van der Waals surface area contributed by atoms with Gasteiger partial charge in [-0.25, -0.2) is 8.42 Å². The summed E-state index contributed by atoms with van der Waals surface area (Å²) in [6, 6.07) is 4.64. The number of carboxylic acids is 1. The molecule has 2 rings (SSSR count). The smallest absolute Gasteiger partial charge is 0.318 e. The van der Waals surface area contributed by atoms with Gasteiger partial charge in [-0.1, -0.05) is 0 Å². The monoisotopic (exact) mass is 300 g/mol. The highest BCUT2D eigenvalue weighted by Gasteiger charge is 2.33. The molecule has 1 aliphatic rings. The van der Waals surface area contributed by atoms with Crippen LogP contribution in [-0.4, -0.2) is 36.9 Å². The van der Waals surface area contributed by atoms with Gasteiger partial charge in [0.05, 0.1) is 0 Å². The van der Waals surface area contributed by atoms with E-state index in [0.717, 1.165) is 28.5 Å². The lowest BCUT2D eigenvalue weighted by molar-refractivity contribution is -0.137. The zero-order chi connectivity index (χ0) is 14.0. The van der Waals surface area contributed by atoms with Crippen molar-refractivity contribution in [3.05, 3.63) is 17.0 Å². The third kappa shape index (κ3) is 3.32. The summed E-state index contributed by atoms with van der Waals surface area (Å²) in [5.41, 5.74) is 0. The fourth-order valence-electron chi connectivity index (χ4n) is 1.63. The first-order chi connectivity index (χ1) is 8.93. The third-order valence-electron chi connectivity index (χ3n) is 2.76. The number of rotatable bonds is 6.